The van der Waals surface area contributed by atoms with E-state index in [1.165, 1.54) is 5.56 Å². The molecule has 0 bridgehead atoms. The lowest BCUT2D eigenvalue weighted by atomic mass is 10.1. The Morgan fingerprint density at radius 1 is 1.39 bits per heavy atom. The summed E-state index contributed by atoms with van der Waals surface area (Å²) in [5, 5.41) is 7.06. The molecule has 2 aromatic rings. The van der Waals surface area contributed by atoms with Gasteiger partial charge in [-0.25, -0.2) is 0 Å². The first-order valence-corrected chi connectivity index (χ1v) is 6.03. The summed E-state index contributed by atoms with van der Waals surface area (Å²) in [4.78, 5) is 4.38. The third-order valence-corrected chi connectivity index (χ3v) is 3.20. The van der Waals surface area contributed by atoms with Gasteiger partial charge in [0.25, 0.3) is 0 Å². The molecule has 0 aliphatic carbocycles. The van der Waals surface area contributed by atoms with Crippen LogP contribution in [-0.2, 0) is 6.42 Å². The maximum atomic E-state index is 5.81. The SMILES string of the molecule is CNC(C)c1nc(C2Cc3ccccc3O2)no1. The topological polar surface area (TPSA) is 60.2 Å². The number of nitrogens with zero attached hydrogens (tertiary/aromatic N) is 2. The molecule has 0 fully saturated rings. The first-order valence-electron chi connectivity index (χ1n) is 6.03. The van der Waals surface area contributed by atoms with E-state index in [2.05, 4.69) is 21.5 Å². The zero-order chi connectivity index (χ0) is 12.5. The quantitative estimate of drug-likeness (QED) is 0.896. The van der Waals surface area contributed by atoms with E-state index in [9.17, 15) is 0 Å². The van der Waals surface area contributed by atoms with E-state index in [0.29, 0.717) is 11.7 Å². The summed E-state index contributed by atoms with van der Waals surface area (Å²) in [6, 6.07) is 8.05. The van der Waals surface area contributed by atoms with Crippen LogP contribution in [0, 0.1) is 0 Å². The van der Waals surface area contributed by atoms with Gasteiger partial charge in [-0.15, -0.1) is 0 Å². The molecule has 5 nitrogen and oxygen atoms in total. The first kappa shape index (κ1) is 11.2. The molecule has 1 aliphatic rings. The van der Waals surface area contributed by atoms with Crippen molar-refractivity contribution in [3.8, 4) is 5.75 Å². The Morgan fingerprint density at radius 3 is 3.00 bits per heavy atom. The Labute approximate surface area is 105 Å². The number of para-hydroxylation sites is 1. The van der Waals surface area contributed by atoms with Crippen molar-refractivity contribution >= 4 is 0 Å². The number of benzene rings is 1. The Hall–Kier alpha value is -1.88. The van der Waals surface area contributed by atoms with Crippen LogP contribution >= 0.6 is 0 Å². The van der Waals surface area contributed by atoms with E-state index < -0.39 is 0 Å². The van der Waals surface area contributed by atoms with Gasteiger partial charge in [-0.1, -0.05) is 23.4 Å². The fraction of sp³-hybridized carbons (Fsp3) is 0.385. The molecule has 2 atom stereocenters. The summed E-state index contributed by atoms with van der Waals surface area (Å²) in [7, 11) is 1.86. The molecule has 94 valence electrons. The Morgan fingerprint density at radius 2 is 2.22 bits per heavy atom. The molecule has 0 saturated carbocycles. The van der Waals surface area contributed by atoms with Gasteiger partial charge in [0, 0.05) is 6.42 Å². The van der Waals surface area contributed by atoms with Crippen molar-refractivity contribution < 1.29 is 9.26 Å². The summed E-state index contributed by atoms with van der Waals surface area (Å²) < 4.78 is 11.0. The fourth-order valence-corrected chi connectivity index (χ4v) is 2.00. The van der Waals surface area contributed by atoms with E-state index in [1.54, 1.807) is 0 Å². The molecule has 3 rings (SSSR count). The molecule has 0 amide bonds. The minimum atomic E-state index is -0.135. The van der Waals surface area contributed by atoms with Gasteiger partial charge in [-0.05, 0) is 25.6 Å². The van der Waals surface area contributed by atoms with Crippen LogP contribution in [0.2, 0.25) is 0 Å². The molecule has 1 N–H and O–H groups in total. The van der Waals surface area contributed by atoms with Crippen molar-refractivity contribution in [2.45, 2.75) is 25.5 Å². The van der Waals surface area contributed by atoms with Crippen LogP contribution in [0.1, 0.15) is 36.3 Å². The van der Waals surface area contributed by atoms with Crippen LogP contribution in [0.3, 0.4) is 0 Å². The number of ether oxygens (including phenoxy) is 1. The minimum Gasteiger partial charge on any atom is -0.482 e. The van der Waals surface area contributed by atoms with Gasteiger partial charge in [-0.3, -0.25) is 0 Å². The molecule has 18 heavy (non-hydrogen) atoms. The summed E-state index contributed by atoms with van der Waals surface area (Å²) in [6.07, 6.45) is 0.659. The second-order valence-corrected chi connectivity index (χ2v) is 4.42. The van der Waals surface area contributed by atoms with E-state index >= 15 is 0 Å². The largest absolute Gasteiger partial charge is 0.482 e. The van der Waals surface area contributed by atoms with Gasteiger partial charge < -0.3 is 14.6 Å². The highest BCUT2D eigenvalue weighted by molar-refractivity contribution is 5.37. The van der Waals surface area contributed by atoms with Gasteiger partial charge in [0.05, 0.1) is 6.04 Å². The Bertz CT molecular complexity index is 528. The maximum absolute atomic E-state index is 5.81. The van der Waals surface area contributed by atoms with E-state index in [-0.39, 0.29) is 12.1 Å². The fourth-order valence-electron chi connectivity index (χ4n) is 2.00. The molecule has 0 spiro atoms. The second-order valence-electron chi connectivity index (χ2n) is 4.42. The number of nitrogens with one attached hydrogen (secondary N) is 1. The van der Waals surface area contributed by atoms with Gasteiger partial charge in [-0.2, -0.15) is 4.98 Å². The maximum Gasteiger partial charge on any atom is 0.243 e. The van der Waals surface area contributed by atoms with Crippen molar-refractivity contribution in [1.29, 1.82) is 0 Å². The third-order valence-electron chi connectivity index (χ3n) is 3.20. The molecule has 0 saturated heterocycles. The molecular weight excluding hydrogens is 230 g/mol. The molecule has 2 unspecified atom stereocenters. The number of aromatic nitrogens is 2. The smallest absolute Gasteiger partial charge is 0.243 e. The predicted octanol–water partition coefficient (Wildman–Crippen LogP) is 2.03. The molecule has 5 heteroatoms. The van der Waals surface area contributed by atoms with Crippen LogP contribution in [0.5, 0.6) is 5.75 Å². The normalized spacial score (nSPS) is 19.3. The summed E-state index contributed by atoms with van der Waals surface area (Å²) >= 11 is 0. The first-order chi connectivity index (χ1) is 8.78. The highest BCUT2D eigenvalue weighted by atomic mass is 16.5. The Kier molecular flexibility index (Phi) is 2.76. The second kappa shape index (κ2) is 4.42. The monoisotopic (exact) mass is 245 g/mol. The number of rotatable bonds is 3. The highest BCUT2D eigenvalue weighted by Crippen LogP contribution is 2.35. The molecule has 1 aliphatic heterocycles. The molecule has 1 aromatic heterocycles. The minimum absolute atomic E-state index is 0.0510. The van der Waals surface area contributed by atoms with Crippen LogP contribution < -0.4 is 10.1 Å². The standard InChI is InChI=1S/C13H15N3O2/c1-8(14-2)13-15-12(16-18-13)11-7-9-5-3-4-6-10(9)17-11/h3-6,8,11,14H,7H2,1-2H3. The lowest BCUT2D eigenvalue weighted by Gasteiger charge is -2.05. The molecule has 0 radical (unpaired) electrons. The average molecular weight is 245 g/mol. The highest BCUT2D eigenvalue weighted by Gasteiger charge is 2.28. The average Bonchev–Trinajstić information content (AvgIpc) is 3.03. The zero-order valence-electron chi connectivity index (χ0n) is 10.4. The van der Waals surface area contributed by atoms with Crippen LogP contribution in [0.4, 0.5) is 0 Å². The summed E-state index contributed by atoms with van der Waals surface area (Å²) in [5.74, 6) is 2.12. The van der Waals surface area contributed by atoms with Crippen LogP contribution in [0.25, 0.3) is 0 Å². The zero-order valence-corrected chi connectivity index (χ0v) is 10.4. The number of fused-ring (bicyclic) bond motifs is 1. The lowest BCUT2D eigenvalue weighted by molar-refractivity contribution is 0.220. The van der Waals surface area contributed by atoms with Gasteiger partial charge in [0.2, 0.25) is 11.7 Å². The molecule has 2 heterocycles. The predicted molar refractivity (Wildman–Crippen MR) is 65.3 cm³/mol. The van der Waals surface area contributed by atoms with Crippen molar-refractivity contribution in [1.82, 2.24) is 15.5 Å². The number of hydrogen-bond donors (Lipinski definition) is 1. The third kappa shape index (κ3) is 1.86. The summed E-state index contributed by atoms with van der Waals surface area (Å²) in [6.45, 7) is 1.97. The lowest BCUT2D eigenvalue weighted by Crippen LogP contribution is -2.13. The van der Waals surface area contributed by atoms with Crippen LogP contribution in [0.15, 0.2) is 28.8 Å². The van der Waals surface area contributed by atoms with E-state index in [4.69, 9.17) is 9.26 Å². The van der Waals surface area contributed by atoms with Crippen LogP contribution in [-0.4, -0.2) is 17.2 Å². The van der Waals surface area contributed by atoms with Gasteiger partial charge in [0.15, 0.2) is 6.10 Å². The summed E-state index contributed by atoms with van der Waals surface area (Å²) in [5.41, 5.74) is 1.19. The van der Waals surface area contributed by atoms with E-state index in [0.717, 1.165) is 12.2 Å². The van der Waals surface area contributed by atoms with Gasteiger partial charge >= 0.3 is 0 Å². The number of hydrogen-bond acceptors (Lipinski definition) is 5. The molecule has 1 aromatic carbocycles. The van der Waals surface area contributed by atoms with Crippen molar-refractivity contribution in [2.24, 2.45) is 0 Å². The Balaban J connectivity index is 1.80. The van der Waals surface area contributed by atoms with Crippen molar-refractivity contribution in [3.05, 3.63) is 41.5 Å². The van der Waals surface area contributed by atoms with Crippen molar-refractivity contribution in [2.75, 3.05) is 7.05 Å². The van der Waals surface area contributed by atoms with Crippen molar-refractivity contribution in [3.63, 3.8) is 0 Å². The molecular formula is C13H15N3O2. The van der Waals surface area contributed by atoms with E-state index in [1.807, 2.05) is 32.2 Å². The van der Waals surface area contributed by atoms with Gasteiger partial charge in [0.1, 0.15) is 5.75 Å².